The van der Waals surface area contributed by atoms with Gasteiger partial charge in [-0.3, -0.25) is 5.43 Å². The maximum Gasteiger partial charge on any atom is 0.328 e. The summed E-state index contributed by atoms with van der Waals surface area (Å²) in [5.74, 6) is 4.98. The van der Waals surface area contributed by atoms with Crippen molar-refractivity contribution in [3.63, 3.8) is 0 Å². The van der Waals surface area contributed by atoms with E-state index in [0.717, 1.165) is 6.42 Å². The molecule has 0 aliphatic heterocycles. The lowest BCUT2D eigenvalue weighted by Gasteiger charge is -2.07. The number of carbonyl (C=O) groups excluding carboxylic acids is 1. The van der Waals surface area contributed by atoms with Gasteiger partial charge in [0.25, 0.3) is 0 Å². The molecule has 0 atom stereocenters. The molecule has 4 heteroatoms. The third-order valence-electron chi connectivity index (χ3n) is 2.69. The molecular weight excluding hydrogens is 214 g/mol. The normalized spacial score (nSPS) is 10.2. The van der Waals surface area contributed by atoms with Crippen molar-refractivity contribution in [2.45, 2.75) is 6.42 Å². The molecule has 0 aliphatic carbocycles. The first-order valence-corrected chi connectivity index (χ1v) is 5.52. The average molecular weight is 229 g/mol. The highest BCUT2D eigenvalue weighted by atomic mass is 16.2. The number of fused-ring (bicyclic) bond motifs is 1. The number of rotatable bonds is 3. The number of carbonyl (C=O) groups is 1. The third kappa shape index (κ3) is 2.73. The van der Waals surface area contributed by atoms with Gasteiger partial charge >= 0.3 is 6.03 Å². The fraction of sp³-hybridized carbons (Fsp3) is 0.154. The summed E-state index contributed by atoms with van der Waals surface area (Å²) in [6.07, 6.45) is 0.786. The topological polar surface area (TPSA) is 67.1 Å². The smallest absolute Gasteiger partial charge is 0.328 e. The van der Waals surface area contributed by atoms with E-state index in [1.807, 2.05) is 23.6 Å². The second-order valence-electron chi connectivity index (χ2n) is 3.79. The molecule has 0 fully saturated rings. The minimum Gasteiger partial charge on any atom is -0.337 e. The van der Waals surface area contributed by atoms with Crippen molar-refractivity contribution in [3.8, 4) is 0 Å². The van der Waals surface area contributed by atoms with Crippen molar-refractivity contribution >= 4 is 16.8 Å². The van der Waals surface area contributed by atoms with Gasteiger partial charge in [-0.25, -0.2) is 10.6 Å². The summed E-state index contributed by atoms with van der Waals surface area (Å²) in [7, 11) is 0. The highest BCUT2D eigenvalue weighted by Crippen LogP contribution is 2.18. The molecule has 0 aromatic heterocycles. The number of hydrazine groups is 1. The molecule has 2 rings (SSSR count). The first kappa shape index (κ1) is 11.4. The Balaban J connectivity index is 2.11. The van der Waals surface area contributed by atoms with Gasteiger partial charge in [-0.2, -0.15) is 0 Å². The van der Waals surface area contributed by atoms with Gasteiger partial charge in [0.05, 0.1) is 0 Å². The molecule has 88 valence electrons. The Labute approximate surface area is 99.8 Å². The zero-order valence-electron chi connectivity index (χ0n) is 9.44. The summed E-state index contributed by atoms with van der Waals surface area (Å²) < 4.78 is 0. The monoisotopic (exact) mass is 229 g/mol. The summed E-state index contributed by atoms with van der Waals surface area (Å²) >= 11 is 0. The van der Waals surface area contributed by atoms with Crippen molar-refractivity contribution in [1.29, 1.82) is 0 Å². The number of hydrogen-bond acceptors (Lipinski definition) is 2. The molecule has 4 N–H and O–H groups in total. The van der Waals surface area contributed by atoms with Gasteiger partial charge in [0.15, 0.2) is 0 Å². The van der Waals surface area contributed by atoms with Crippen LogP contribution in [-0.4, -0.2) is 12.6 Å². The van der Waals surface area contributed by atoms with Crippen molar-refractivity contribution in [1.82, 2.24) is 10.7 Å². The highest BCUT2D eigenvalue weighted by molar-refractivity contribution is 5.85. The van der Waals surface area contributed by atoms with E-state index in [1.165, 1.54) is 16.3 Å². The molecular formula is C13H15N3O. The van der Waals surface area contributed by atoms with Gasteiger partial charge in [0.1, 0.15) is 0 Å². The van der Waals surface area contributed by atoms with Gasteiger partial charge in [-0.1, -0.05) is 42.5 Å². The number of urea groups is 1. The van der Waals surface area contributed by atoms with E-state index in [1.54, 1.807) is 0 Å². The first-order valence-electron chi connectivity index (χ1n) is 5.52. The van der Waals surface area contributed by atoms with E-state index in [9.17, 15) is 4.79 Å². The predicted octanol–water partition coefficient (Wildman–Crippen LogP) is 1.56. The molecule has 2 aromatic rings. The largest absolute Gasteiger partial charge is 0.337 e. The van der Waals surface area contributed by atoms with E-state index in [2.05, 4.69) is 29.6 Å². The van der Waals surface area contributed by atoms with Gasteiger partial charge < -0.3 is 5.32 Å². The van der Waals surface area contributed by atoms with E-state index < -0.39 is 0 Å². The second-order valence-corrected chi connectivity index (χ2v) is 3.79. The van der Waals surface area contributed by atoms with E-state index in [4.69, 9.17) is 5.84 Å². The number of nitrogens with two attached hydrogens (primary N) is 1. The Morgan fingerprint density at radius 2 is 1.88 bits per heavy atom. The van der Waals surface area contributed by atoms with Crippen molar-refractivity contribution in [2.75, 3.05) is 6.54 Å². The second kappa shape index (κ2) is 5.32. The maximum atomic E-state index is 10.9. The van der Waals surface area contributed by atoms with Crippen LogP contribution in [0.25, 0.3) is 10.8 Å². The van der Waals surface area contributed by atoms with Crippen molar-refractivity contribution < 1.29 is 4.79 Å². The molecule has 2 amide bonds. The highest BCUT2D eigenvalue weighted by Gasteiger charge is 2.01. The lowest BCUT2D eigenvalue weighted by atomic mass is 10.0. The summed E-state index contributed by atoms with van der Waals surface area (Å²) in [5, 5.41) is 5.11. The molecule has 0 radical (unpaired) electrons. The van der Waals surface area contributed by atoms with Crippen LogP contribution in [0.1, 0.15) is 5.56 Å². The molecule has 0 saturated heterocycles. The Morgan fingerprint density at radius 1 is 1.12 bits per heavy atom. The summed E-state index contributed by atoms with van der Waals surface area (Å²) in [5.41, 5.74) is 3.26. The van der Waals surface area contributed by atoms with E-state index in [-0.39, 0.29) is 6.03 Å². The van der Waals surface area contributed by atoms with Crippen LogP contribution in [0, 0.1) is 0 Å². The average Bonchev–Trinajstić information content (AvgIpc) is 2.39. The lowest BCUT2D eigenvalue weighted by molar-refractivity contribution is 0.241. The van der Waals surface area contributed by atoms with Crippen LogP contribution in [-0.2, 0) is 6.42 Å². The van der Waals surface area contributed by atoms with Crippen LogP contribution >= 0.6 is 0 Å². The molecule has 0 heterocycles. The fourth-order valence-corrected chi connectivity index (χ4v) is 1.87. The SMILES string of the molecule is NNC(=O)NCCc1cccc2ccccc12. The number of benzene rings is 2. The van der Waals surface area contributed by atoms with Crippen molar-refractivity contribution in [3.05, 3.63) is 48.0 Å². The molecule has 4 nitrogen and oxygen atoms in total. The summed E-state index contributed by atoms with van der Waals surface area (Å²) in [6.45, 7) is 0.567. The Kier molecular flexibility index (Phi) is 3.57. The van der Waals surface area contributed by atoms with Gasteiger partial charge in [0.2, 0.25) is 0 Å². The molecule has 0 unspecified atom stereocenters. The Morgan fingerprint density at radius 3 is 2.71 bits per heavy atom. The van der Waals surface area contributed by atoms with Crippen LogP contribution in [0.3, 0.4) is 0 Å². The molecule has 2 aromatic carbocycles. The van der Waals surface area contributed by atoms with Crippen LogP contribution in [0.15, 0.2) is 42.5 Å². The molecule has 0 bridgehead atoms. The Bertz CT molecular complexity index is 520. The third-order valence-corrected chi connectivity index (χ3v) is 2.69. The van der Waals surface area contributed by atoms with Crippen LogP contribution in [0.4, 0.5) is 4.79 Å². The minimum atomic E-state index is -0.356. The Hall–Kier alpha value is -2.07. The quantitative estimate of drug-likeness (QED) is 0.425. The number of hydrogen-bond donors (Lipinski definition) is 3. The number of amides is 2. The minimum absolute atomic E-state index is 0.356. The fourth-order valence-electron chi connectivity index (χ4n) is 1.87. The van der Waals surface area contributed by atoms with Crippen LogP contribution in [0.5, 0.6) is 0 Å². The number of nitrogens with one attached hydrogen (secondary N) is 2. The van der Waals surface area contributed by atoms with Gasteiger partial charge in [-0.15, -0.1) is 0 Å². The molecule has 0 aliphatic rings. The molecule has 17 heavy (non-hydrogen) atoms. The van der Waals surface area contributed by atoms with E-state index in [0.29, 0.717) is 6.54 Å². The molecule has 0 spiro atoms. The van der Waals surface area contributed by atoms with Gasteiger partial charge in [-0.05, 0) is 22.8 Å². The summed E-state index contributed by atoms with van der Waals surface area (Å²) in [6, 6.07) is 14.0. The maximum absolute atomic E-state index is 10.9. The summed E-state index contributed by atoms with van der Waals surface area (Å²) in [4.78, 5) is 10.9. The van der Waals surface area contributed by atoms with Crippen LogP contribution in [0.2, 0.25) is 0 Å². The predicted molar refractivity (Wildman–Crippen MR) is 68.4 cm³/mol. The lowest BCUT2D eigenvalue weighted by Crippen LogP contribution is -2.40. The zero-order valence-corrected chi connectivity index (χ0v) is 9.44. The van der Waals surface area contributed by atoms with Crippen molar-refractivity contribution in [2.24, 2.45) is 5.84 Å². The van der Waals surface area contributed by atoms with E-state index >= 15 is 0 Å². The first-order chi connectivity index (χ1) is 8.31. The van der Waals surface area contributed by atoms with Gasteiger partial charge in [0, 0.05) is 6.54 Å². The molecule has 0 saturated carbocycles. The zero-order chi connectivity index (χ0) is 12.1. The standard InChI is InChI=1S/C13H15N3O/c14-16-13(17)15-9-8-11-6-3-5-10-4-1-2-7-12(10)11/h1-7H,8-9,14H2,(H2,15,16,17). The van der Waals surface area contributed by atoms with Crippen LogP contribution < -0.4 is 16.6 Å².